The van der Waals surface area contributed by atoms with E-state index in [0.717, 1.165) is 28.5 Å². The Balaban J connectivity index is 1.92. The Bertz CT molecular complexity index is 941. The van der Waals surface area contributed by atoms with Crippen LogP contribution in [0.3, 0.4) is 0 Å². The zero-order valence-electron chi connectivity index (χ0n) is 14.0. The largest absolute Gasteiger partial charge is 0.504 e. The van der Waals surface area contributed by atoms with Crippen LogP contribution >= 0.6 is 0 Å². The van der Waals surface area contributed by atoms with E-state index in [-0.39, 0.29) is 11.7 Å². The van der Waals surface area contributed by atoms with Crippen molar-refractivity contribution in [2.24, 2.45) is 5.73 Å². The minimum absolute atomic E-state index is 0.0637. The average Bonchev–Trinajstić information content (AvgIpc) is 3.00. The molecule has 0 fully saturated rings. The Morgan fingerprint density at radius 1 is 1.28 bits per heavy atom. The first-order valence-electron chi connectivity index (χ1n) is 8.02. The molecule has 0 atom stereocenters. The van der Waals surface area contributed by atoms with Crippen molar-refractivity contribution in [1.29, 1.82) is 0 Å². The summed E-state index contributed by atoms with van der Waals surface area (Å²) in [4.78, 5) is 12.6. The van der Waals surface area contributed by atoms with Gasteiger partial charge in [0.1, 0.15) is 0 Å². The maximum Gasteiger partial charge on any atom is 0.255 e. The fraction of sp³-hybridized carbons (Fsp3) is 0.150. The lowest BCUT2D eigenvalue weighted by Crippen LogP contribution is -2.06. The number of nitrogens with two attached hydrogens (primary N) is 1. The van der Waals surface area contributed by atoms with Gasteiger partial charge in [0.15, 0.2) is 11.5 Å². The predicted octanol–water partition coefficient (Wildman–Crippen LogP) is 3.21. The predicted molar refractivity (Wildman–Crippen MR) is 99.0 cm³/mol. The van der Waals surface area contributed by atoms with Crippen LogP contribution in [0.25, 0.3) is 17.0 Å². The van der Waals surface area contributed by atoms with Crippen LogP contribution in [0.5, 0.6) is 11.5 Å². The summed E-state index contributed by atoms with van der Waals surface area (Å²) >= 11 is 0. The number of hydrogen-bond acceptors (Lipinski definition) is 4. The summed E-state index contributed by atoms with van der Waals surface area (Å²) in [5, 5.41) is 10.7. The fourth-order valence-electron chi connectivity index (χ4n) is 2.83. The minimum atomic E-state index is -0.147. The van der Waals surface area contributed by atoms with Crippen LogP contribution in [0, 0.1) is 0 Å². The molecule has 0 aliphatic rings. The highest BCUT2D eigenvalue weighted by molar-refractivity contribution is 6.01. The molecule has 1 aromatic heterocycles. The molecular weight excluding hydrogens is 316 g/mol. The zero-order valence-corrected chi connectivity index (χ0v) is 14.0. The Labute approximate surface area is 145 Å². The van der Waals surface area contributed by atoms with Crippen molar-refractivity contribution in [3.8, 4) is 11.5 Å². The monoisotopic (exact) mass is 336 g/mol. The van der Waals surface area contributed by atoms with Gasteiger partial charge in [-0.2, -0.15) is 0 Å². The second-order valence-electron chi connectivity index (χ2n) is 5.68. The molecule has 5 nitrogen and oxygen atoms in total. The molecule has 0 saturated heterocycles. The number of carbonyl (C=O) groups excluding carboxylic acids is 1. The lowest BCUT2D eigenvalue weighted by molar-refractivity contribution is 0.0974. The lowest BCUT2D eigenvalue weighted by atomic mass is 10.1. The van der Waals surface area contributed by atoms with E-state index in [0.29, 0.717) is 12.3 Å². The number of phenols is 1. The van der Waals surface area contributed by atoms with Crippen molar-refractivity contribution in [2.45, 2.75) is 6.42 Å². The number of carbonyl (C=O) groups is 1. The van der Waals surface area contributed by atoms with E-state index in [1.54, 1.807) is 22.8 Å². The summed E-state index contributed by atoms with van der Waals surface area (Å²) in [6.45, 7) is 0.533. The highest BCUT2D eigenvalue weighted by Gasteiger charge is 2.11. The van der Waals surface area contributed by atoms with Crippen LogP contribution in [0.2, 0.25) is 0 Å². The van der Waals surface area contributed by atoms with Crippen LogP contribution < -0.4 is 10.5 Å². The number of allylic oxidation sites excluding steroid dienone is 1. The van der Waals surface area contributed by atoms with E-state index in [1.807, 2.05) is 30.5 Å². The first-order chi connectivity index (χ1) is 12.1. The van der Waals surface area contributed by atoms with Crippen LogP contribution in [-0.2, 0) is 6.42 Å². The molecule has 128 valence electrons. The number of ether oxygens (including phenoxy) is 1. The Morgan fingerprint density at radius 3 is 2.84 bits per heavy atom. The maximum atomic E-state index is 12.6. The van der Waals surface area contributed by atoms with Gasteiger partial charge >= 0.3 is 0 Å². The average molecular weight is 336 g/mol. The summed E-state index contributed by atoms with van der Waals surface area (Å²) in [7, 11) is 1.48. The molecule has 0 amide bonds. The molecule has 0 unspecified atom stereocenters. The Morgan fingerprint density at radius 2 is 2.08 bits per heavy atom. The second-order valence-corrected chi connectivity index (χ2v) is 5.68. The number of nitrogens with zero attached hydrogens (tertiary/aromatic N) is 1. The molecule has 3 aromatic rings. The van der Waals surface area contributed by atoms with Crippen LogP contribution in [0.4, 0.5) is 0 Å². The molecule has 0 spiro atoms. The number of hydrogen-bond donors (Lipinski definition) is 2. The number of rotatable bonds is 5. The molecule has 3 N–H and O–H groups in total. The second kappa shape index (κ2) is 7.23. The van der Waals surface area contributed by atoms with E-state index in [1.165, 1.54) is 19.3 Å². The van der Waals surface area contributed by atoms with Crippen molar-refractivity contribution >= 4 is 22.9 Å². The van der Waals surface area contributed by atoms with Gasteiger partial charge in [0.05, 0.1) is 12.6 Å². The third-order valence-electron chi connectivity index (χ3n) is 4.07. The minimum Gasteiger partial charge on any atom is -0.504 e. The van der Waals surface area contributed by atoms with Crippen molar-refractivity contribution in [3.05, 3.63) is 65.9 Å². The molecule has 2 aromatic carbocycles. The highest BCUT2D eigenvalue weighted by Crippen LogP contribution is 2.27. The van der Waals surface area contributed by atoms with Gasteiger partial charge in [0, 0.05) is 17.7 Å². The Hall–Kier alpha value is -3.05. The molecule has 1 heterocycles. The lowest BCUT2D eigenvalue weighted by Gasteiger charge is -2.04. The van der Waals surface area contributed by atoms with Gasteiger partial charge in [-0.15, -0.1) is 0 Å². The van der Waals surface area contributed by atoms with Crippen molar-refractivity contribution in [2.75, 3.05) is 13.7 Å². The van der Waals surface area contributed by atoms with E-state index in [4.69, 9.17) is 10.5 Å². The van der Waals surface area contributed by atoms with Gasteiger partial charge in [0.25, 0.3) is 5.91 Å². The molecule has 0 aliphatic carbocycles. The smallest absolute Gasteiger partial charge is 0.255 e. The first-order valence-corrected chi connectivity index (χ1v) is 8.02. The van der Waals surface area contributed by atoms with Crippen LogP contribution in [0.1, 0.15) is 15.9 Å². The molecule has 25 heavy (non-hydrogen) atoms. The standard InChI is InChI=1S/C20H20N2O3/c1-25-19-12-14(6-8-18(19)23)7-9-20(24)22-13-15(10-11-21)16-4-2-3-5-17(16)22/h2-9,12-13,23H,10-11,21H2,1H3. The number of benzene rings is 2. The van der Waals surface area contributed by atoms with Gasteiger partial charge in [-0.05, 0) is 48.4 Å². The number of methoxy groups -OCH3 is 1. The summed E-state index contributed by atoms with van der Waals surface area (Å²) < 4.78 is 6.71. The third-order valence-corrected chi connectivity index (χ3v) is 4.07. The van der Waals surface area contributed by atoms with E-state index in [2.05, 4.69) is 0 Å². The third kappa shape index (κ3) is 3.41. The molecular formula is C20H20N2O3. The normalized spacial score (nSPS) is 11.3. The number of fused-ring (bicyclic) bond motifs is 1. The van der Waals surface area contributed by atoms with Crippen LogP contribution in [-0.4, -0.2) is 29.2 Å². The summed E-state index contributed by atoms with van der Waals surface area (Å²) in [6.07, 6.45) is 5.77. The van der Waals surface area contributed by atoms with Crippen molar-refractivity contribution in [1.82, 2.24) is 4.57 Å². The summed E-state index contributed by atoms with van der Waals surface area (Å²) in [6, 6.07) is 12.7. The fourth-order valence-corrected chi connectivity index (χ4v) is 2.83. The number of para-hydroxylation sites is 1. The van der Waals surface area contributed by atoms with Gasteiger partial charge < -0.3 is 15.6 Å². The topological polar surface area (TPSA) is 77.5 Å². The first kappa shape index (κ1) is 16.8. The molecule has 0 aliphatic heterocycles. The molecule has 5 heteroatoms. The maximum absolute atomic E-state index is 12.6. The Kier molecular flexibility index (Phi) is 4.86. The van der Waals surface area contributed by atoms with Gasteiger partial charge in [-0.1, -0.05) is 24.3 Å². The number of aromatic hydroxyl groups is 1. The molecule has 0 bridgehead atoms. The summed E-state index contributed by atoms with van der Waals surface area (Å²) in [5.41, 5.74) is 8.36. The van der Waals surface area contributed by atoms with E-state index in [9.17, 15) is 9.90 Å². The van der Waals surface area contributed by atoms with Gasteiger partial charge in [-0.3, -0.25) is 9.36 Å². The summed E-state index contributed by atoms with van der Waals surface area (Å²) in [5.74, 6) is 0.284. The number of aromatic nitrogens is 1. The van der Waals surface area contributed by atoms with Crippen molar-refractivity contribution in [3.63, 3.8) is 0 Å². The zero-order chi connectivity index (χ0) is 17.8. The molecule has 0 radical (unpaired) electrons. The highest BCUT2D eigenvalue weighted by atomic mass is 16.5. The number of phenolic OH excluding ortho intramolecular Hbond substituents is 1. The van der Waals surface area contributed by atoms with Gasteiger partial charge in [-0.25, -0.2) is 0 Å². The van der Waals surface area contributed by atoms with Crippen molar-refractivity contribution < 1.29 is 14.6 Å². The molecule has 0 saturated carbocycles. The van der Waals surface area contributed by atoms with E-state index >= 15 is 0 Å². The quantitative estimate of drug-likeness (QED) is 0.701. The molecule has 3 rings (SSSR count). The van der Waals surface area contributed by atoms with E-state index < -0.39 is 0 Å². The SMILES string of the molecule is COc1cc(C=CC(=O)n2cc(CCN)c3ccccc32)ccc1O. The van der Waals surface area contributed by atoms with Gasteiger partial charge in [0.2, 0.25) is 0 Å². The van der Waals surface area contributed by atoms with Crippen LogP contribution in [0.15, 0.2) is 54.7 Å².